The maximum Gasteiger partial charge on any atom is 0.251 e. The minimum Gasteiger partial charge on any atom is -0.340 e. The van der Waals surface area contributed by atoms with Crippen LogP contribution in [0.25, 0.3) is 10.8 Å². The van der Waals surface area contributed by atoms with Gasteiger partial charge in [-0.25, -0.2) is 0 Å². The molecule has 2 amide bonds. The van der Waals surface area contributed by atoms with Gasteiger partial charge in [0.25, 0.3) is 5.91 Å². The molecule has 2 atom stereocenters. The fraction of sp³-hybridized carbons (Fsp3) is 0.217. The average Bonchev–Trinajstić information content (AvgIpc) is 2.71. The van der Waals surface area contributed by atoms with Gasteiger partial charge in [-0.15, -0.1) is 0 Å². The normalized spacial score (nSPS) is 13.0. The molecule has 0 spiro atoms. The van der Waals surface area contributed by atoms with Crippen molar-refractivity contribution in [3.63, 3.8) is 0 Å². The van der Waals surface area contributed by atoms with Crippen LogP contribution in [0.5, 0.6) is 0 Å². The molecule has 0 aromatic heterocycles. The van der Waals surface area contributed by atoms with E-state index in [-0.39, 0.29) is 17.7 Å². The molecule has 3 aromatic rings. The van der Waals surface area contributed by atoms with E-state index in [4.69, 9.17) is 0 Å². The van der Waals surface area contributed by atoms with Crippen LogP contribution in [-0.2, 0) is 4.79 Å². The van der Waals surface area contributed by atoms with E-state index in [1.165, 1.54) is 0 Å². The van der Waals surface area contributed by atoms with Crippen molar-refractivity contribution in [2.45, 2.75) is 26.3 Å². The van der Waals surface area contributed by atoms with Gasteiger partial charge >= 0.3 is 0 Å². The van der Waals surface area contributed by atoms with E-state index >= 15 is 0 Å². The summed E-state index contributed by atoms with van der Waals surface area (Å²) in [4.78, 5) is 25.4. The molecule has 0 heterocycles. The van der Waals surface area contributed by atoms with Crippen molar-refractivity contribution >= 4 is 28.3 Å². The molecule has 138 valence electrons. The highest BCUT2D eigenvalue weighted by Gasteiger charge is 2.26. The number of anilines is 1. The Balaban J connectivity index is 1.77. The van der Waals surface area contributed by atoms with E-state index in [0.29, 0.717) is 5.56 Å². The zero-order valence-electron chi connectivity index (χ0n) is 15.6. The molecule has 0 aliphatic heterocycles. The Morgan fingerprint density at radius 3 is 2.26 bits per heavy atom. The summed E-state index contributed by atoms with van der Waals surface area (Å²) >= 11 is 0. The first-order valence-corrected chi connectivity index (χ1v) is 9.24. The quantitative estimate of drug-likeness (QED) is 0.674. The Kier molecular flexibility index (Phi) is 5.87. The van der Waals surface area contributed by atoms with E-state index in [2.05, 4.69) is 10.6 Å². The lowest BCUT2D eigenvalue weighted by atomic mass is 9.97. The molecular formula is C23H24N2O2. The van der Waals surface area contributed by atoms with E-state index in [1.807, 2.05) is 74.5 Å². The highest BCUT2D eigenvalue weighted by molar-refractivity contribution is 6.02. The number of fused-ring (bicyclic) bond motifs is 1. The van der Waals surface area contributed by atoms with Crippen LogP contribution in [-0.4, -0.2) is 17.9 Å². The third kappa shape index (κ3) is 4.53. The molecule has 4 heteroatoms. The van der Waals surface area contributed by atoms with E-state index in [0.717, 1.165) is 22.9 Å². The monoisotopic (exact) mass is 360 g/mol. The lowest BCUT2D eigenvalue weighted by Crippen LogP contribution is -2.47. The summed E-state index contributed by atoms with van der Waals surface area (Å²) in [6.07, 6.45) is 0.783. The van der Waals surface area contributed by atoms with Crippen molar-refractivity contribution < 1.29 is 9.59 Å². The summed E-state index contributed by atoms with van der Waals surface area (Å²) < 4.78 is 0. The number of hydrogen-bond acceptors (Lipinski definition) is 2. The highest BCUT2D eigenvalue weighted by Crippen LogP contribution is 2.20. The second-order valence-electron chi connectivity index (χ2n) is 6.75. The lowest BCUT2D eigenvalue weighted by molar-refractivity contribution is -0.119. The first-order chi connectivity index (χ1) is 13.1. The summed E-state index contributed by atoms with van der Waals surface area (Å²) in [6.45, 7) is 3.98. The Morgan fingerprint density at radius 2 is 1.56 bits per heavy atom. The van der Waals surface area contributed by atoms with Crippen molar-refractivity contribution in [2.75, 3.05) is 5.32 Å². The molecule has 3 aromatic carbocycles. The minimum atomic E-state index is -0.603. The molecule has 0 bridgehead atoms. The van der Waals surface area contributed by atoms with Gasteiger partial charge in [0.05, 0.1) is 0 Å². The van der Waals surface area contributed by atoms with Gasteiger partial charge in [0, 0.05) is 11.3 Å². The maximum atomic E-state index is 12.9. The van der Waals surface area contributed by atoms with Gasteiger partial charge in [-0.3, -0.25) is 9.59 Å². The minimum absolute atomic E-state index is 0.0121. The SMILES string of the molecule is CC[C@H](C)[C@H](NC(=O)c1ccccc1)C(=O)Nc1ccc2ccccc2c1. The van der Waals surface area contributed by atoms with Crippen LogP contribution in [0.15, 0.2) is 72.8 Å². The van der Waals surface area contributed by atoms with Gasteiger partial charge in [0.1, 0.15) is 6.04 Å². The average molecular weight is 360 g/mol. The summed E-state index contributed by atoms with van der Waals surface area (Å²) in [6, 6.07) is 22.1. The molecule has 0 aliphatic carbocycles. The summed E-state index contributed by atoms with van der Waals surface area (Å²) in [5.41, 5.74) is 1.27. The maximum absolute atomic E-state index is 12.9. The summed E-state index contributed by atoms with van der Waals surface area (Å²) in [5, 5.41) is 8.02. The van der Waals surface area contributed by atoms with Gasteiger partial charge < -0.3 is 10.6 Å². The smallest absolute Gasteiger partial charge is 0.251 e. The third-order valence-electron chi connectivity index (χ3n) is 4.84. The molecule has 0 unspecified atom stereocenters. The Morgan fingerprint density at radius 1 is 0.889 bits per heavy atom. The van der Waals surface area contributed by atoms with Crippen molar-refractivity contribution in [2.24, 2.45) is 5.92 Å². The molecule has 0 saturated heterocycles. The van der Waals surface area contributed by atoms with Gasteiger partial charge in [0.2, 0.25) is 5.91 Å². The van der Waals surface area contributed by atoms with Crippen LogP contribution < -0.4 is 10.6 Å². The molecule has 0 saturated carbocycles. The van der Waals surface area contributed by atoms with Gasteiger partial charge in [-0.05, 0) is 41.0 Å². The van der Waals surface area contributed by atoms with Crippen LogP contribution in [0.2, 0.25) is 0 Å². The van der Waals surface area contributed by atoms with Crippen molar-refractivity contribution in [1.82, 2.24) is 5.32 Å². The number of carbonyl (C=O) groups is 2. The standard InChI is InChI=1S/C23H24N2O2/c1-3-16(2)21(25-22(26)18-10-5-4-6-11-18)23(27)24-20-14-13-17-9-7-8-12-19(17)15-20/h4-16,21H,3H2,1-2H3,(H,24,27)(H,25,26)/t16-,21-/m0/s1. The Hall–Kier alpha value is -3.14. The number of benzene rings is 3. The topological polar surface area (TPSA) is 58.2 Å². The van der Waals surface area contributed by atoms with Gasteiger partial charge in [0.15, 0.2) is 0 Å². The van der Waals surface area contributed by atoms with Crippen molar-refractivity contribution in [1.29, 1.82) is 0 Å². The van der Waals surface area contributed by atoms with Crippen molar-refractivity contribution in [3.8, 4) is 0 Å². The zero-order chi connectivity index (χ0) is 19.2. The van der Waals surface area contributed by atoms with Crippen LogP contribution >= 0.6 is 0 Å². The second kappa shape index (κ2) is 8.49. The number of hydrogen-bond donors (Lipinski definition) is 2. The third-order valence-corrected chi connectivity index (χ3v) is 4.84. The number of rotatable bonds is 6. The molecule has 0 fully saturated rings. The number of amides is 2. The van der Waals surface area contributed by atoms with E-state index in [9.17, 15) is 9.59 Å². The molecule has 27 heavy (non-hydrogen) atoms. The van der Waals surface area contributed by atoms with Crippen LogP contribution in [0.4, 0.5) is 5.69 Å². The Bertz CT molecular complexity index is 937. The van der Waals surface area contributed by atoms with E-state index < -0.39 is 6.04 Å². The van der Waals surface area contributed by atoms with Crippen LogP contribution in [0, 0.1) is 5.92 Å². The fourth-order valence-corrected chi connectivity index (χ4v) is 3.00. The molecule has 2 N–H and O–H groups in total. The van der Waals surface area contributed by atoms with Gasteiger partial charge in [-0.2, -0.15) is 0 Å². The van der Waals surface area contributed by atoms with E-state index in [1.54, 1.807) is 12.1 Å². The number of carbonyl (C=O) groups excluding carboxylic acids is 2. The first-order valence-electron chi connectivity index (χ1n) is 9.24. The summed E-state index contributed by atoms with van der Waals surface area (Å²) in [7, 11) is 0. The van der Waals surface area contributed by atoms with Gasteiger partial charge in [-0.1, -0.05) is 68.8 Å². The first kappa shape index (κ1) is 18.6. The number of nitrogens with one attached hydrogen (secondary N) is 2. The largest absolute Gasteiger partial charge is 0.340 e. The molecule has 0 aliphatic rings. The van der Waals surface area contributed by atoms with Crippen LogP contribution in [0.1, 0.15) is 30.6 Å². The summed E-state index contributed by atoms with van der Waals surface area (Å²) in [5.74, 6) is -0.434. The predicted octanol–water partition coefficient (Wildman–Crippen LogP) is 4.62. The predicted molar refractivity (Wildman–Crippen MR) is 110 cm³/mol. The van der Waals surface area contributed by atoms with Crippen molar-refractivity contribution in [3.05, 3.63) is 78.4 Å². The van der Waals surface area contributed by atoms with Crippen LogP contribution in [0.3, 0.4) is 0 Å². The second-order valence-corrected chi connectivity index (χ2v) is 6.75. The molecule has 0 radical (unpaired) electrons. The molecular weight excluding hydrogens is 336 g/mol. The zero-order valence-corrected chi connectivity index (χ0v) is 15.6. The molecule has 3 rings (SSSR count). The highest BCUT2D eigenvalue weighted by atomic mass is 16.2. The Labute approximate surface area is 159 Å². The fourth-order valence-electron chi connectivity index (χ4n) is 3.00. The lowest BCUT2D eigenvalue weighted by Gasteiger charge is -2.23. The molecule has 4 nitrogen and oxygen atoms in total.